The zero-order valence-electron chi connectivity index (χ0n) is 17.0. The molecule has 0 spiro atoms. The summed E-state index contributed by atoms with van der Waals surface area (Å²) in [4.78, 5) is 14.2. The Hall–Kier alpha value is -2.67. The molecule has 5 nitrogen and oxygen atoms in total. The number of hydrogen-bond acceptors (Lipinski definition) is 5. The van der Waals surface area contributed by atoms with Gasteiger partial charge in [-0.3, -0.25) is 4.79 Å². The second kappa shape index (κ2) is 8.78. The summed E-state index contributed by atoms with van der Waals surface area (Å²) in [5.41, 5.74) is 2.79. The number of nitrogens with zero attached hydrogens (tertiary/aromatic N) is 3. The van der Waals surface area contributed by atoms with E-state index in [2.05, 4.69) is 43.1 Å². The zero-order valence-corrected chi connectivity index (χ0v) is 17.8. The Bertz CT molecular complexity index is 963. The summed E-state index contributed by atoms with van der Waals surface area (Å²) in [5, 5.41) is 8.45. The molecular formula is C22H24FN3O2S. The molecule has 2 aromatic carbocycles. The van der Waals surface area contributed by atoms with Crippen molar-refractivity contribution in [3.05, 3.63) is 59.9 Å². The molecule has 0 bridgehead atoms. The van der Waals surface area contributed by atoms with Gasteiger partial charge in [0, 0.05) is 17.8 Å². The van der Waals surface area contributed by atoms with Gasteiger partial charge in [0.25, 0.3) is 5.22 Å². The molecule has 3 rings (SSSR count). The minimum absolute atomic E-state index is 0.0738. The molecule has 0 fully saturated rings. The van der Waals surface area contributed by atoms with Gasteiger partial charge in [0.1, 0.15) is 5.82 Å². The number of benzene rings is 2. The lowest BCUT2D eigenvalue weighted by Gasteiger charge is -2.20. The number of amides is 1. The number of thioether (sulfide) groups is 1. The average molecular weight is 414 g/mol. The molecule has 29 heavy (non-hydrogen) atoms. The highest BCUT2D eigenvalue weighted by atomic mass is 32.2. The first-order valence-electron chi connectivity index (χ1n) is 9.41. The van der Waals surface area contributed by atoms with E-state index in [1.807, 2.05) is 19.1 Å². The molecule has 0 N–H and O–H groups in total. The maximum Gasteiger partial charge on any atom is 0.277 e. The Morgan fingerprint density at radius 2 is 1.72 bits per heavy atom. The monoisotopic (exact) mass is 413 g/mol. The summed E-state index contributed by atoms with van der Waals surface area (Å²) in [5.74, 6) is 0.126. The Labute approximate surface area is 174 Å². The lowest BCUT2D eigenvalue weighted by atomic mass is 9.87. The fourth-order valence-electron chi connectivity index (χ4n) is 2.82. The second-order valence-electron chi connectivity index (χ2n) is 7.60. The van der Waals surface area contributed by atoms with Crippen LogP contribution >= 0.6 is 11.8 Å². The number of hydrogen-bond donors (Lipinski definition) is 0. The molecule has 3 aromatic rings. The molecule has 0 atom stereocenters. The fraction of sp³-hybridized carbons (Fsp3) is 0.318. The Morgan fingerprint density at radius 1 is 1.07 bits per heavy atom. The Morgan fingerprint density at radius 3 is 2.31 bits per heavy atom. The minimum atomic E-state index is -0.333. The smallest absolute Gasteiger partial charge is 0.277 e. The lowest BCUT2D eigenvalue weighted by molar-refractivity contribution is -0.116. The third-order valence-electron chi connectivity index (χ3n) is 4.48. The van der Waals surface area contributed by atoms with E-state index in [1.54, 1.807) is 17.0 Å². The summed E-state index contributed by atoms with van der Waals surface area (Å²) in [6.07, 6.45) is 0. The van der Waals surface area contributed by atoms with Crippen molar-refractivity contribution >= 4 is 23.4 Å². The molecule has 1 amide bonds. The molecule has 1 aromatic heterocycles. The van der Waals surface area contributed by atoms with E-state index in [-0.39, 0.29) is 22.9 Å². The predicted octanol–water partition coefficient (Wildman–Crippen LogP) is 5.32. The predicted molar refractivity (Wildman–Crippen MR) is 114 cm³/mol. The molecule has 1 heterocycles. The van der Waals surface area contributed by atoms with Gasteiger partial charge in [-0.05, 0) is 54.3 Å². The highest BCUT2D eigenvalue weighted by molar-refractivity contribution is 7.99. The molecule has 0 unspecified atom stereocenters. The Kier molecular flexibility index (Phi) is 6.37. The summed E-state index contributed by atoms with van der Waals surface area (Å²) in [7, 11) is 0. The van der Waals surface area contributed by atoms with Crippen molar-refractivity contribution in [3.8, 4) is 11.5 Å². The van der Waals surface area contributed by atoms with Crippen LogP contribution in [0.3, 0.4) is 0 Å². The van der Waals surface area contributed by atoms with Crippen molar-refractivity contribution < 1.29 is 13.6 Å². The van der Waals surface area contributed by atoms with Crippen molar-refractivity contribution in [2.45, 2.75) is 38.3 Å². The van der Waals surface area contributed by atoms with Crippen LogP contribution in [0.4, 0.5) is 10.1 Å². The van der Waals surface area contributed by atoms with E-state index in [0.29, 0.717) is 23.3 Å². The SMILES string of the molecule is CCN(C(=O)CSc1nnc(-c2ccc(C(C)(C)C)cc2)o1)c1ccc(F)cc1. The first-order chi connectivity index (χ1) is 13.8. The normalized spacial score (nSPS) is 11.5. The van der Waals surface area contributed by atoms with E-state index in [9.17, 15) is 9.18 Å². The summed E-state index contributed by atoms with van der Waals surface area (Å²) < 4.78 is 18.8. The van der Waals surface area contributed by atoms with Gasteiger partial charge < -0.3 is 9.32 Å². The van der Waals surface area contributed by atoms with Crippen LogP contribution in [0.2, 0.25) is 0 Å². The number of halogens is 1. The molecule has 0 aliphatic rings. The number of carbonyl (C=O) groups is 1. The molecular weight excluding hydrogens is 389 g/mol. The standard InChI is InChI=1S/C22H24FN3O2S/c1-5-26(18-12-10-17(23)11-13-18)19(27)14-29-21-25-24-20(28-21)15-6-8-16(9-7-15)22(2,3)4/h6-13H,5,14H2,1-4H3. The average Bonchev–Trinajstić information content (AvgIpc) is 3.17. The van der Waals surface area contributed by atoms with Crippen molar-refractivity contribution in [1.82, 2.24) is 10.2 Å². The minimum Gasteiger partial charge on any atom is -0.411 e. The van der Waals surface area contributed by atoms with Crippen molar-refractivity contribution in [2.24, 2.45) is 0 Å². The molecule has 7 heteroatoms. The maximum atomic E-state index is 13.1. The first-order valence-corrected chi connectivity index (χ1v) is 10.4. The summed E-state index contributed by atoms with van der Waals surface area (Å²) in [6.45, 7) is 8.84. The van der Waals surface area contributed by atoms with Crippen LogP contribution in [0.1, 0.15) is 33.3 Å². The van der Waals surface area contributed by atoms with Gasteiger partial charge in [0.15, 0.2) is 0 Å². The second-order valence-corrected chi connectivity index (χ2v) is 8.53. The quantitative estimate of drug-likeness (QED) is 0.512. The maximum absolute atomic E-state index is 13.1. The van der Waals surface area contributed by atoms with E-state index in [0.717, 1.165) is 5.56 Å². The van der Waals surface area contributed by atoms with Crippen molar-refractivity contribution in [1.29, 1.82) is 0 Å². The number of carbonyl (C=O) groups excluding carboxylic acids is 1. The van der Waals surface area contributed by atoms with Gasteiger partial charge in [-0.25, -0.2) is 4.39 Å². The van der Waals surface area contributed by atoms with E-state index >= 15 is 0 Å². The Balaban J connectivity index is 1.64. The van der Waals surface area contributed by atoms with Crippen molar-refractivity contribution in [2.75, 3.05) is 17.2 Å². The molecule has 0 saturated heterocycles. The topological polar surface area (TPSA) is 59.2 Å². The van der Waals surface area contributed by atoms with Gasteiger partial charge in [-0.15, -0.1) is 10.2 Å². The van der Waals surface area contributed by atoms with Gasteiger partial charge in [-0.1, -0.05) is 44.7 Å². The van der Waals surface area contributed by atoms with Crippen LogP contribution in [0.25, 0.3) is 11.5 Å². The highest BCUT2D eigenvalue weighted by Gasteiger charge is 2.18. The van der Waals surface area contributed by atoms with E-state index in [1.165, 1.54) is 29.5 Å². The molecule has 0 aliphatic carbocycles. The summed E-state index contributed by atoms with van der Waals surface area (Å²) in [6, 6.07) is 13.9. The molecule has 0 saturated carbocycles. The fourth-order valence-corrected chi connectivity index (χ4v) is 3.46. The number of rotatable bonds is 6. The van der Waals surface area contributed by atoms with Crippen molar-refractivity contribution in [3.63, 3.8) is 0 Å². The number of aromatic nitrogens is 2. The van der Waals surface area contributed by atoms with Gasteiger partial charge >= 0.3 is 0 Å². The highest BCUT2D eigenvalue weighted by Crippen LogP contribution is 2.27. The van der Waals surface area contributed by atoms with E-state index in [4.69, 9.17) is 4.42 Å². The largest absolute Gasteiger partial charge is 0.411 e. The number of anilines is 1. The van der Waals surface area contributed by atoms with E-state index < -0.39 is 0 Å². The van der Waals surface area contributed by atoms with Crippen LogP contribution < -0.4 is 4.90 Å². The van der Waals surface area contributed by atoms with Crippen LogP contribution in [-0.4, -0.2) is 28.4 Å². The summed E-state index contributed by atoms with van der Waals surface area (Å²) >= 11 is 1.19. The van der Waals surface area contributed by atoms with Gasteiger partial charge in [0.05, 0.1) is 5.75 Å². The molecule has 0 aliphatic heterocycles. The molecule has 0 radical (unpaired) electrons. The van der Waals surface area contributed by atoms with Gasteiger partial charge in [0.2, 0.25) is 11.8 Å². The lowest BCUT2D eigenvalue weighted by Crippen LogP contribution is -2.32. The van der Waals surface area contributed by atoms with Crippen LogP contribution in [0, 0.1) is 5.82 Å². The van der Waals surface area contributed by atoms with Gasteiger partial charge in [-0.2, -0.15) is 0 Å². The third-order valence-corrected chi connectivity index (χ3v) is 5.28. The van der Waals surface area contributed by atoms with Crippen LogP contribution in [0.5, 0.6) is 0 Å². The van der Waals surface area contributed by atoms with Crippen LogP contribution in [-0.2, 0) is 10.2 Å². The zero-order chi connectivity index (χ0) is 21.0. The third kappa shape index (κ3) is 5.23. The first kappa shape index (κ1) is 21.0. The molecule has 152 valence electrons. The van der Waals surface area contributed by atoms with Crippen LogP contribution in [0.15, 0.2) is 58.2 Å².